The van der Waals surface area contributed by atoms with Crippen molar-refractivity contribution >= 4 is 41.7 Å². The van der Waals surface area contributed by atoms with Crippen molar-refractivity contribution < 1.29 is 4.52 Å². The van der Waals surface area contributed by atoms with E-state index in [2.05, 4.69) is 46.0 Å². The second-order valence-corrected chi connectivity index (χ2v) is 5.92. The third kappa shape index (κ3) is 5.16. The summed E-state index contributed by atoms with van der Waals surface area (Å²) in [4.78, 5) is 7.00. The van der Waals surface area contributed by atoms with E-state index in [1.807, 2.05) is 6.07 Å². The Morgan fingerprint density at radius 3 is 3.10 bits per heavy atom. The van der Waals surface area contributed by atoms with Gasteiger partial charge in [0.25, 0.3) is 0 Å². The molecular weight excluding hydrogens is 387 g/mol. The number of hydrogen-bond donors (Lipinski definition) is 1. The number of aromatic nitrogens is 1. The Labute approximate surface area is 142 Å². The van der Waals surface area contributed by atoms with E-state index < -0.39 is 0 Å². The summed E-state index contributed by atoms with van der Waals surface area (Å²) < 4.78 is 4.83. The molecule has 0 saturated carbocycles. The normalized spacial score (nSPS) is 19.6. The summed E-state index contributed by atoms with van der Waals surface area (Å²) in [5.74, 6) is 2.16. The minimum Gasteiger partial charge on any atom is -0.364 e. The highest BCUT2D eigenvalue weighted by atomic mass is 127. The molecule has 0 amide bonds. The van der Waals surface area contributed by atoms with Gasteiger partial charge in [0.15, 0.2) is 5.96 Å². The van der Waals surface area contributed by atoms with Crippen LogP contribution in [0.4, 0.5) is 0 Å². The van der Waals surface area contributed by atoms with Gasteiger partial charge in [-0.1, -0.05) is 12.1 Å². The Bertz CT molecular complexity index is 399. The van der Waals surface area contributed by atoms with E-state index in [-0.39, 0.29) is 24.0 Å². The first-order valence-corrected chi connectivity index (χ1v) is 7.92. The highest BCUT2D eigenvalue weighted by Crippen LogP contribution is 2.21. The van der Waals surface area contributed by atoms with Gasteiger partial charge in [0.1, 0.15) is 12.0 Å². The van der Waals surface area contributed by atoms with Crippen LogP contribution in [-0.2, 0) is 6.54 Å². The fraction of sp³-hybridized carbons (Fsp3) is 0.692. The summed E-state index contributed by atoms with van der Waals surface area (Å²) in [6, 6.07) is 1.86. The maximum absolute atomic E-state index is 4.83. The first-order chi connectivity index (χ1) is 9.33. The van der Waals surface area contributed by atoms with E-state index in [0.717, 1.165) is 31.3 Å². The van der Waals surface area contributed by atoms with E-state index in [1.165, 1.54) is 12.2 Å². The number of hydrogen-bond acceptors (Lipinski definition) is 4. The van der Waals surface area contributed by atoms with Crippen LogP contribution in [-0.4, -0.2) is 46.7 Å². The number of nitrogens with one attached hydrogen (secondary N) is 1. The fourth-order valence-corrected chi connectivity index (χ4v) is 3.24. The van der Waals surface area contributed by atoms with E-state index in [4.69, 9.17) is 4.52 Å². The Morgan fingerprint density at radius 1 is 1.60 bits per heavy atom. The molecule has 20 heavy (non-hydrogen) atoms. The molecule has 7 heteroatoms. The molecule has 1 N–H and O–H groups in total. The molecule has 1 aliphatic rings. The summed E-state index contributed by atoms with van der Waals surface area (Å²) >= 11 is 2.07. The molecule has 114 valence electrons. The van der Waals surface area contributed by atoms with Crippen LogP contribution in [0.2, 0.25) is 0 Å². The molecule has 1 saturated heterocycles. The molecule has 1 aliphatic heterocycles. The predicted molar refractivity (Wildman–Crippen MR) is 94.8 cm³/mol. The van der Waals surface area contributed by atoms with Gasteiger partial charge >= 0.3 is 0 Å². The average molecular weight is 410 g/mol. The maximum Gasteiger partial charge on any atom is 0.194 e. The van der Waals surface area contributed by atoms with Crippen molar-refractivity contribution in [3.8, 4) is 0 Å². The Morgan fingerprint density at radius 2 is 2.45 bits per heavy atom. The Kier molecular flexibility index (Phi) is 8.35. The number of halogens is 1. The largest absolute Gasteiger partial charge is 0.364 e. The van der Waals surface area contributed by atoms with Crippen LogP contribution in [0.3, 0.4) is 0 Å². The molecule has 0 aliphatic carbocycles. The summed E-state index contributed by atoms with van der Waals surface area (Å²) in [5.41, 5.74) is 0.869. The monoisotopic (exact) mass is 410 g/mol. The lowest BCUT2D eigenvalue weighted by Gasteiger charge is -2.34. The van der Waals surface area contributed by atoms with Crippen molar-refractivity contribution in [2.24, 2.45) is 4.99 Å². The van der Waals surface area contributed by atoms with Gasteiger partial charge in [-0.2, -0.15) is 11.8 Å². The first-order valence-electron chi connectivity index (χ1n) is 6.87. The second-order valence-electron chi connectivity index (χ2n) is 4.51. The molecule has 5 nitrogen and oxygen atoms in total. The molecule has 1 fully saturated rings. The van der Waals surface area contributed by atoms with Crippen LogP contribution in [0.5, 0.6) is 0 Å². The lowest BCUT2D eigenvalue weighted by Crippen LogP contribution is -2.48. The van der Waals surface area contributed by atoms with Crippen LogP contribution in [0.15, 0.2) is 21.8 Å². The zero-order valence-electron chi connectivity index (χ0n) is 12.0. The predicted octanol–water partition coefficient (Wildman–Crippen LogP) is 2.59. The Hall–Kier alpha value is -0.440. The lowest BCUT2D eigenvalue weighted by molar-refractivity contribution is 0.404. The van der Waals surface area contributed by atoms with E-state index in [0.29, 0.717) is 11.8 Å². The molecule has 1 unspecified atom stereocenters. The minimum atomic E-state index is 0. The van der Waals surface area contributed by atoms with Crippen molar-refractivity contribution in [2.75, 3.05) is 25.4 Å². The highest BCUT2D eigenvalue weighted by molar-refractivity contribution is 14.0. The van der Waals surface area contributed by atoms with Crippen LogP contribution in [0.1, 0.15) is 26.0 Å². The van der Waals surface area contributed by atoms with Gasteiger partial charge in [0.2, 0.25) is 0 Å². The lowest BCUT2D eigenvalue weighted by atomic mass is 10.3. The summed E-state index contributed by atoms with van der Waals surface area (Å²) in [6.45, 7) is 7.94. The van der Waals surface area contributed by atoms with Crippen molar-refractivity contribution in [3.63, 3.8) is 0 Å². The number of thioether (sulfide) groups is 1. The SMILES string of the molecule is CCNC(=NCc1ccon1)N1CCSC(CC)C1.I. The minimum absolute atomic E-state index is 0. The summed E-state index contributed by atoms with van der Waals surface area (Å²) in [7, 11) is 0. The van der Waals surface area contributed by atoms with Crippen molar-refractivity contribution in [3.05, 3.63) is 18.0 Å². The third-order valence-electron chi connectivity index (χ3n) is 3.11. The van der Waals surface area contributed by atoms with Gasteiger partial charge in [-0.15, -0.1) is 24.0 Å². The van der Waals surface area contributed by atoms with Crippen LogP contribution in [0.25, 0.3) is 0 Å². The summed E-state index contributed by atoms with van der Waals surface area (Å²) in [5, 5.41) is 7.97. The molecule has 1 aromatic heterocycles. The Balaban J connectivity index is 0.00000200. The number of rotatable bonds is 4. The van der Waals surface area contributed by atoms with E-state index in [9.17, 15) is 0 Å². The van der Waals surface area contributed by atoms with Crippen LogP contribution in [0, 0.1) is 0 Å². The highest BCUT2D eigenvalue weighted by Gasteiger charge is 2.21. The molecule has 0 aromatic carbocycles. The van der Waals surface area contributed by atoms with Crippen molar-refractivity contribution in [1.29, 1.82) is 0 Å². The van der Waals surface area contributed by atoms with Gasteiger partial charge in [0, 0.05) is 36.7 Å². The molecule has 0 spiro atoms. The quantitative estimate of drug-likeness (QED) is 0.470. The zero-order chi connectivity index (χ0) is 13.5. The molecular formula is C13H23IN4OS. The van der Waals surface area contributed by atoms with Crippen LogP contribution < -0.4 is 5.32 Å². The molecule has 1 atom stereocenters. The van der Waals surface area contributed by atoms with Crippen molar-refractivity contribution in [1.82, 2.24) is 15.4 Å². The second kappa shape index (κ2) is 9.49. The van der Waals surface area contributed by atoms with Crippen LogP contribution >= 0.6 is 35.7 Å². The molecule has 2 rings (SSSR count). The van der Waals surface area contributed by atoms with Gasteiger partial charge < -0.3 is 14.7 Å². The van der Waals surface area contributed by atoms with Gasteiger partial charge in [-0.25, -0.2) is 4.99 Å². The van der Waals surface area contributed by atoms with E-state index >= 15 is 0 Å². The molecule has 2 heterocycles. The van der Waals surface area contributed by atoms with E-state index in [1.54, 1.807) is 6.26 Å². The van der Waals surface area contributed by atoms with Gasteiger partial charge in [-0.05, 0) is 13.3 Å². The zero-order valence-corrected chi connectivity index (χ0v) is 15.2. The third-order valence-corrected chi connectivity index (χ3v) is 4.48. The number of guanidine groups is 1. The van der Waals surface area contributed by atoms with Gasteiger partial charge in [-0.3, -0.25) is 0 Å². The van der Waals surface area contributed by atoms with Crippen molar-refractivity contribution in [2.45, 2.75) is 32.1 Å². The fourth-order valence-electron chi connectivity index (χ4n) is 2.06. The molecule has 1 aromatic rings. The molecule has 0 radical (unpaired) electrons. The van der Waals surface area contributed by atoms with Gasteiger partial charge in [0.05, 0.1) is 6.54 Å². The number of aliphatic imine (C=N–C) groups is 1. The standard InChI is InChI=1S/C13H22N4OS.HI/c1-3-12-10-17(6-8-19-12)13(14-4-2)15-9-11-5-7-18-16-11;/h5,7,12H,3-4,6,8-10H2,1-2H3,(H,14,15);1H. The maximum atomic E-state index is 4.83. The summed E-state index contributed by atoms with van der Waals surface area (Å²) in [6.07, 6.45) is 2.80. The first kappa shape index (κ1) is 17.6. The smallest absolute Gasteiger partial charge is 0.194 e. The topological polar surface area (TPSA) is 53.7 Å². The molecule has 0 bridgehead atoms. The number of nitrogens with zero attached hydrogens (tertiary/aromatic N) is 3. The average Bonchev–Trinajstić information content (AvgIpc) is 2.97.